The van der Waals surface area contributed by atoms with Gasteiger partial charge in [-0.25, -0.2) is 4.79 Å². The monoisotopic (exact) mass is 204 g/mol. The Morgan fingerprint density at radius 3 is 2.80 bits per heavy atom. The van der Waals surface area contributed by atoms with Crippen molar-refractivity contribution in [3.8, 4) is 11.8 Å². The fourth-order valence-electron chi connectivity index (χ4n) is 1.09. The number of nitrogen functional groups attached to an aromatic ring is 1. The summed E-state index contributed by atoms with van der Waals surface area (Å²) in [5.74, 6) is 4.55. The topological polar surface area (TPSA) is 89.3 Å². The van der Waals surface area contributed by atoms with E-state index in [-0.39, 0.29) is 11.3 Å². The number of nitrogens with two attached hydrogens (primary N) is 2. The minimum absolute atomic E-state index is 0.0783. The van der Waals surface area contributed by atoms with Gasteiger partial charge in [-0.1, -0.05) is 17.9 Å². The number of hydrogen-bond acceptors (Lipinski definition) is 3. The molecule has 0 saturated heterocycles. The summed E-state index contributed by atoms with van der Waals surface area (Å²) in [6, 6.07) is 4.75. The molecule has 4 heteroatoms. The molecule has 15 heavy (non-hydrogen) atoms. The summed E-state index contributed by atoms with van der Waals surface area (Å²) in [5, 5.41) is 8.81. The van der Waals surface area contributed by atoms with Gasteiger partial charge >= 0.3 is 5.97 Å². The zero-order valence-electron chi connectivity index (χ0n) is 8.16. The fourth-order valence-corrected chi connectivity index (χ4v) is 1.09. The van der Waals surface area contributed by atoms with Gasteiger partial charge in [-0.3, -0.25) is 0 Å². The lowest BCUT2D eigenvalue weighted by molar-refractivity contribution is 0.0698. The van der Waals surface area contributed by atoms with Crippen LogP contribution in [0.4, 0.5) is 5.69 Å². The molecule has 0 saturated carbocycles. The Kier molecular flexibility index (Phi) is 3.72. The molecule has 1 aromatic carbocycles. The lowest BCUT2D eigenvalue weighted by atomic mass is 10.1. The van der Waals surface area contributed by atoms with Crippen LogP contribution in [0, 0.1) is 11.8 Å². The first-order valence-electron chi connectivity index (χ1n) is 4.47. The van der Waals surface area contributed by atoms with Gasteiger partial charge in [0.15, 0.2) is 0 Å². The largest absolute Gasteiger partial charge is 0.478 e. The van der Waals surface area contributed by atoms with Gasteiger partial charge in [-0.05, 0) is 12.1 Å². The predicted octanol–water partition coefficient (Wildman–Crippen LogP) is 0.667. The number of anilines is 1. The lowest BCUT2D eigenvalue weighted by Gasteiger charge is -2.02. The van der Waals surface area contributed by atoms with Gasteiger partial charge in [0.05, 0.1) is 11.3 Å². The van der Waals surface area contributed by atoms with Gasteiger partial charge in [0.1, 0.15) is 0 Å². The van der Waals surface area contributed by atoms with E-state index in [1.54, 1.807) is 12.1 Å². The SMILES string of the molecule is NCCC#Cc1cccc(C(=O)O)c1N. The summed E-state index contributed by atoms with van der Waals surface area (Å²) in [4.78, 5) is 10.8. The maximum Gasteiger partial charge on any atom is 0.337 e. The summed E-state index contributed by atoms with van der Waals surface area (Å²) in [7, 11) is 0. The van der Waals surface area contributed by atoms with Crippen molar-refractivity contribution in [2.75, 3.05) is 12.3 Å². The van der Waals surface area contributed by atoms with E-state index in [0.29, 0.717) is 18.5 Å². The Morgan fingerprint density at radius 1 is 1.47 bits per heavy atom. The Morgan fingerprint density at radius 2 is 2.20 bits per heavy atom. The van der Waals surface area contributed by atoms with E-state index in [9.17, 15) is 4.79 Å². The molecule has 0 aliphatic rings. The second-order valence-electron chi connectivity index (χ2n) is 2.91. The van der Waals surface area contributed by atoms with Crippen molar-refractivity contribution in [1.82, 2.24) is 0 Å². The van der Waals surface area contributed by atoms with Crippen molar-refractivity contribution in [2.45, 2.75) is 6.42 Å². The molecule has 0 aliphatic carbocycles. The number of carboxylic acid groups (broad SMARTS) is 1. The van der Waals surface area contributed by atoms with Crippen LogP contribution in [0.1, 0.15) is 22.3 Å². The molecular weight excluding hydrogens is 192 g/mol. The van der Waals surface area contributed by atoms with E-state index in [1.807, 2.05) is 0 Å². The molecule has 0 spiro atoms. The van der Waals surface area contributed by atoms with Crippen LogP contribution in [-0.4, -0.2) is 17.6 Å². The van der Waals surface area contributed by atoms with Gasteiger partial charge in [-0.15, -0.1) is 0 Å². The third kappa shape index (κ3) is 2.73. The highest BCUT2D eigenvalue weighted by Crippen LogP contribution is 2.16. The molecule has 0 aliphatic heterocycles. The quantitative estimate of drug-likeness (QED) is 0.488. The van der Waals surface area contributed by atoms with Crippen molar-refractivity contribution >= 4 is 11.7 Å². The van der Waals surface area contributed by atoms with Gasteiger partial charge in [-0.2, -0.15) is 0 Å². The molecule has 78 valence electrons. The van der Waals surface area contributed by atoms with Gasteiger partial charge < -0.3 is 16.6 Å². The highest BCUT2D eigenvalue weighted by Gasteiger charge is 2.08. The van der Waals surface area contributed by atoms with Gasteiger partial charge in [0, 0.05) is 18.5 Å². The Bertz CT molecular complexity index is 430. The second-order valence-corrected chi connectivity index (χ2v) is 2.91. The normalized spacial score (nSPS) is 9.13. The molecule has 0 radical (unpaired) electrons. The molecule has 4 nitrogen and oxygen atoms in total. The van der Waals surface area contributed by atoms with Crippen LogP contribution < -0.4 is 11.5 Å². The highest BCUT2D eigenvalue weighted by molar-refractivity contribution is 5.95. The molecule has 0 bridgehead atoms. The third-order valence-electron chi connectivity index (χ3n) is 1.83. The van der Waals surface area contributed by atoms with Crippen LogP contribution in [0.5, 0.6) is 0 Å². The molecule has 0 heterocycles. The first-order chi connectivity index (χ1) is 7.16. The van der Waals surface area contributed by atoms with E-state index >= 15 is 0 Å². The molecule has 0 unspecified atom stereocenters. The maximum absolute atomic E-state index is 10.8. The average Bonchev–Trinajstić information content (AvgIpc) is 2.20. The van der Waals surface area contributed by atoms with E-state index in [1.165, 1.54) is 6.07 Å². The predicted molar refractivity (Wildman–Crippen MR) is 58.4 cm³/mol. The second kappa shape index (κ2) is 5.03. The molecule has 5 N–H and O–H groups in total. The number of carbonyl (C=O) groups is 1. The van der Waals surface area contributed by atoms with Crippen molar-refractivity contribution in [3.05, 3.63) is 29.3 Å². The molecule has 1 aromatic rings. The van der Waals surface area contributed by atoms with Crippen molar-refractivity contribution in [2.24, 2.45) is 5.73 Å². The summed E-state index contributed by atoms with van der Waals surface area (Å²) in [5.41, 5.74) is 11.7. The molecule has 0 aromatic heterocycles. The van der Waals surface area contributed by atoms with Gasteiger partial charge in [0.2, 0.25) is 0 Å². The number of carboxylic acids is 1. The summed E-state index contributed by atoms with van der Waals surface area (Å²) >= 11 is 0. The first-order valence-corrected chi connectivity index (χ1v) is 4.47. The van der Waals surface area contributed by atoms with Crippen molar-refractivity contribution < 1.29 is 9.90 Å². The van der Waals surface area contributed by atoms with Crippen LogP contribution in [0.25, 0.3) is 0 Å². The smallest absolute Gasteiger partial charge is 0.337 e. The van der Waals surface area contributed by atoms with Crippen molar-refractivity contribution in [3.63, 3.8) is 0 Å². The van der Waals surface area contributed by atoms with Crippen LogP contribution in [-0.2, 0) is 0 Å². The number of benzene rings is 1. The highest BCUT2D eigenvalue weighted by atomic mass is 16.4. The maximum atomic E-state index is 10.8. The van der Waals surface area contributed by atoms with Gasteiger partial charge in [0.25, 0.3) is 0 Å². The zero-order valence-corrected chi connectivity index (χ0v) is 8.16. The fraction of sp³-hybridized carbons (Fsp3) is 0.182. The zero-order chi connectivity index (χ0) is 11.3. The first kappa shape index (κ1) is 11.1. The Hall–Kier alpha value is -1.99. The van der Waals surface area contributed by atoms with Crippen molar-refractivity contribution in [1.29, 1.82) is 0 Å². The molecule has 1 rings (SSSR count). The van der Waals surface area contributed by atoms with Crippen LogP contribution in [0.2, 0.25) is 0 Å². The Balaban J connectivity index is 3.06. The molecule has 0 amide bonds. The summed E-state index contributed by atoms with van der Waals surface area (Å²) in [6.07, 6.45) is 0.566. The summed E-state index contributed by atoms with van der Waals surface area (Å²) < 4.78 is 0. The van der Waals surface area contributed by atoms with E-state index in [2.05, 4.69) is 11.8 Å². The minimum atomic E-state index is -1.05. The minimum Gasteiger partial charge on any atom is -0.478 e. The van der Waals surface area contributed by atoms with Crippen LogP contribution >= 0.6 is 0 Å². The number of para-hydroxylation sites is 1. The van der Waals surface area contributed by atoms with Crippen LogP contribution in [0.3, 0.4) is 0 Å². The molecular formula is C11H12N2O2. The Labute approximate surface area is 87.9 Å². The molecule has 0 atom stereocenters. The number of rotatable bonds is 2. The van der Waals surface area contributed by atoms with E-state index in [0.717, 1.165) is 0 Å². The number of aromatic carboxylic acids is 1. The molecule has 0 fully saturated rings. The number of hydrogen-bond donors (Lipinski definition) is 3. The lowest BCUT2D eigenvalue weighted by Crippen LogP contribution is -2.04. The average molecular weight is 204 g/mol. The third-order valence-corrected chi connectivity index (χ3v) is 1.83. The van der Waals surface area contributed by atoms with E-state index < -0.39 is 5.97 Å². The summed E-state index contributed by atoms with van der Waals surface area (Å²) in [6.45, 7) is 0.478. The standard InChI is InChI=1S/C11H12N2O2/c12-7-2-1-4-8-5-3-6-9(10(8)13)11(14)15/h3,5-6H,2,7,12-13H2,(H,14,15). The van der Waals surface area contributed by atoms with E-state index in [4.69, 9.17) is 16.6 Å². The van der Waals surface area contributed by atoms with Crippen LogP contribution in [0.15, 0.2) is 18.2 Å².